The molecule has 2 aliphatic heterocycles. The van der Waals surface area contributed by atoms with Crippen LogP contribution in [0, 0.1) is 12.7 Å². The molecular formula is C33H37FN4O7. The van der Waals surface area contributed by atoms with E-state index < -0.39 is 34.9 Å². The number of pyridine rings is 2. The molecule has 0 bridgehead atoms. The zero-order chi connectivity index (χ0) is 32.2. The lowest BCUT2D eigenvalue weighted by Gasteiger charge is -2.31. The molecule has 2 atom stereocenters. The third-order valence-corrected chi connectivity index (χ3v) is 9.51. The molecule has 0 saturated carbocycles. The van der Waals surface area contributed by atoms with Gasteiger partial charge in [0.2, 0.25) is 11.8 Å². The Kier molecular flexibility index (Phi) is 7.98. The molecule has 0 fully saturated rings. The number of aliphatic hydroxyl groups excluding tert-OH is 1. The highest BCUT2D eigenvalue weighted by Gasteiger charge is 2.46. The van der Waals surface area contributed by atoms with Crippen LogP contribution < -0.4 is 10.9 Å². The second-order valence-corrected chi connectivity index (χ2v) is 12.1. The fourth-order valence-electron chi connectivity index (χ4n) is 7.01. The summed E-state index contributed by atoms with van der Waals surface area (Å²) in [4.78, 5) is 58.7. The number of carbonyl (C=O) groups is 3. The van der Waals surface area contributed by atoms with E-state index in [0.717, 1.165) is 22.9 Å². The number of hydrogen-bond donors (Lipinski definition) is 3. The van der Waals surface area contributed by atoms with Gasteiger partial charge in [-0.1, -0.05) is 20.3 Å². The summed E-state index contributed by atoms with van der Waals surface area (Å²) in [6.07, 6.45) is 2.73. The molecule has 3 aromatic rings. The third-order valence-electron chi connectivity index (χ3n) is 9.51. The molecular weight excluding hydrogens is 583 g/mol. The van der Waals surface area contributed by atoms with E-state index in [1.54, 1.807) is 19.9 Å². The third kappa shape index (κ3) is 4.91. The zero-order valence-electron chi connectivity index (χ0n) is 25.7. The van der Waals surface area contributed by atoms with Crippen molar-refractivity contribution in [1.82, 2.24) is 19.8 Å². The van der Waals surface area contributed by atoms with Gasteiger partial charge in [0.15, 0.2) is 5.60 Å². The zero-order valence-corrected chi connectivity index (χ0v) is 25.7. The molecule has 3 aliphatic rings. The molecule has 1 aliphatic carbocycles. The van der Waals surface area contributed by atoms with Gasteiger partial charge in [0, 0.05) is 35.5 Å². The normalized spacial score (nSPS) is 19.5. The lowest BCUT2D eigenvalue weighted by Crippen LogP contribution is -2.44. The number of nitrogens with one attached hydrogen (secondary N) is 1. The van der Waals surface area contributed by atoms with Gasteiger partial charge in [0.25, 0.3) is 5.56 Å². The first-order valence-electron chi connectivity index (χ1n) is 15.5. The van der Waals surface area contributed by atoms with Gasteiger partial charge in [-0.2, -0.15) is 0 Å². The predicted octanol–water partition coefficient (Wildman–Crippen LogP) is 2.64. The Bertz CT molecular complexity index is 1820. The van der Waals surface area contributed by atoms with E-state index in [9.17, 15) is 29.4 Å². The molecule has 12 heteroatoms. The van der Waals surface area contributed by atoms with E-state index in [0.29, 0.717) is 47.3 Å². The summed E-state index contributed by atoms with van der Waals surface area (Å²) in [6.45, 7) is 4.72. The van der Waals surface area contributed by atoms with Crippen LogP contribution in [0.5, 0.6) is 0 Å². The predicted molar refractivity (Wildman–Crippen MR) is 162 cm³/mol. The van der Waals surface area contributed by atoms with Crippen molar-refractivity contribution in [2.24, 2.45) is 0 Å². The number of aryl methyl sites for hydroxylation is 1. The number of halogens is 1. The molecule has 2 amide bonds. The maximum Gasteiger partial charge on any atom is 0.343 e. The summed E-state index contributed by atoms with van der Waals surface area (Å²) in [5.41, 5.74) is 1.87. The summed E-state index contributed by atoms with van der Waals surface area (Å²) in [5.74, 6) is -1.84. The van der Waals surface area contributed by atoms with Gasteiger partial charge < -0.3 is 29.7 Å². The molecule has 4 heterocycles. The summed E-state index contributed by atoms with van der Waals surface area (Å²) in [7, 11) is 0. The van der Waals surface area contributed by atoms with Crippen molar-refractivity contribution in [3.05, 3.63) is 61.7 Å². The minimum atomic E-state index is -1.99. The van der Waals surface area contributed by atoms with Crippen LogP contribution in [0.3, 0.4) is 0 Å². The first-order valence-corrected chi connectivity index (χ1v) is 15.5. The van der Waals surface area contributed by atoms with Gasteiger partial charge in [-0.3, -0.25) is 14.4 Å². The number of carbonyl (C=O) groups excluding carboxylic acids is 3. The molecule has 0 radical (unpaired) electrons. The number of amides is 2. The van der Waals surface area contributed by atoms with Crippen molar-refractivity contribution in [3.63, 3.8) is 0 Å². The SMILES string of the molecule is CCCCC(=O)N(CCO)CC(=O)NC1CCc2c(C)c(F)cc3nc4c(c1c23)Cn1c-4cc2c(c1=O)COC(=O)[C@]2(O)CC. The van der Waals surface area contributed by atoms with Crippen LogP contribution >= 0.6 is 0 Å². The van der Waals surface area contributed by atoms with Crippen LogP contribution in [0.25, 0.3) is 22.3 Å². The van der Waals surface area contributed by atoms with Crippen LogP contribution in [0.4, 0.5) is 4.39 Å². The average molecular weight is 621 g/mol. The van der Waals surface area contributed by atoms with Crippen molar-refractivity contribution >= 4 is 28.7 Å². The van der Waals surface area contributed by atoms with E-state index >= 15 is 4.39 Å². The van der Waals surface area contributed by atoms with Gasteiger partial charge in [-0.25, -0.2) is 14.2 Å². The Morgan fingerprint density at radius 3 is 2.71 bits per heavy atom. The van der Waals surface area contributed by atoms with Crippen molar-refractivity contribution in [2.45, 2.75) is 84.1 Å². The number of ether oxygens (including phenoxy) is 1. The highest BCUT2D eigenvalue weighted by molar-refractivity contribution is 5.94. The first kappa shape index (κ1) is 30.8. The molecule has 2 aromatic heterocycles. The van der Waals surface area contributed by atoms with E-state index in [4.69, 9.17) is 9.72 Å². The number of nitrogens with zero attached hydrogens (tertiary/aromatic N) is 3. The van der Waals surface area contributed by atoms with Gasteiger partial charge in [0.1, 0.15) is 12.4 Å². The Labute approximate surface area is 259 Å². The molecule has 3 N–H and O–H groups in total. The Morgan fingerprint density at radius 1 is 1.22 bits per heavy atom. The molecule has 1 unspecified atom stereocenters. The average Bonchev–Trinajstić information content (AvgIpc) is 3.39. The minimum Gasteiger partial charge on any atom is -0.458 e. The molecule has 11 nitrogen and oxygen atoms in total. The fraction of sp³-hybridized carbons (Fsp3) is 0.485. The largest absolute Gasteiger partial charge is 0.458 e. The lowest BCUT2D eigenvalue weighted by atomic mass is 9.81. The molecule has 238 valence electrons. The number of esters is 1. The fourth-order valence-corrected chi connectivity index (χ4v) is 7.01. The molecule has 0 spiro atoms. The van der Waals surface area contributed by atoms with E-state index in [1.807, 2.05) is 6.92 Å². The number of aromatic nitrogens is 2. The lowest BCUT2D eigenvalue weighted by molar-refractivity contribution is -0.172. The van der Waals surface area contributed by atoms with Gasteiger partial charge in [-0.15, -0.1) is 0 Å². The van der Waals surface area contributed by atoms with E-state index in [2.05, 4.69) is 5.32 Å². The number of cyclic esters (lactones) is 1. The number of fused-ring (bicyclic) bond motifs is 5. The second-order valence-electron chi connectivity index (χ2n) is 12.1. The summed E-state index contributed by atoms with van der Waals surface area (Å²) >= 11 is 0. The minimum absolute atomic E-state index is 0.00117. The molecule has 6 rings (SSSR count). The second kappa shape index (κ2) is 11.6. The number of hydrogen-bond acceptors (Lipinski definition) is 8. The van der Waals surface area contributed by atoms with Crippen molar-refractivity contribution in [1.29, 1.82) is 0 Å². The Hall–Kier alpha value is -4.16. The van der Waals surface area contributed by atoms with Crippen molar-refractivity contribution in [3.8, 4) is 11.4 Å². The maximum absolute atomic E-state index is 15.2. The Balaban J connectivity index is 1.46. The van der Waals surface area contributed by atoms with Gasteiger partial charge >= 0.3 is 5.97 Å². The van der Waals surface area contributed by atoms with Crippen LogP contribution in [-0.4, -0.2) is 62.1 Å². The van der Waals surface area contributed by atoms with Crippen LogP contribution in [0.15, 0.2) is 16.9 Å². The number of unbranched alkanes of at least 4 members (excludes halogenated alkanes) is 1. The molecule has 1 aromatic carbocycles. The van der Waals surface area contributed by atoms with Crippen LogP contribution in [0.2, 0.25) is 0 Å². The highest BCUT2D eigenvalue weighted by Crippen LogP contribution is 2.45. The summed E-state index contributed by atoms with van der Waals surface area (Å²) in [5, 5.41) is 24.6. The first-order chi connectivity index (χ1) is 21.5. The maximum atomic E-state index is 15.2. The summed E-state index contributed by atoms with van der Waals surface area (Å²) in [6, 6.07) is 2.44. The van der Waals surface area contributed by atoms with Crippen LogP contribution in [0.1, 0.15) is 85.4 Å². The molecule has 45 heavy (non-hydrogen) atoms. The Morgan fingerprint density at radius 2 is 2.00 bits per heavy atom. The monoisotopic (exact) mass is 620 g/mol. The van der Waals surface area contributed by atoms with Crippen molar-refractivity contribution < 1.29 is 33.7 Å². The van der Waals surface area contributed by atoms with Crippen LogP contribution in [-0.2, 0) is 44.3 Å². The van der Waals surface area contributed by atoms with Gasteiger partial charge in [0.05, 0.1) is 48.2 Å². The highest BCUT2D eigenvalue weighted by atomic mass is 19.1. The standard InChI is InChI=1S/C33H37FN4O7/c1-4-6-7-27(41)37(10-11-39)15-26(40)35-23-9-8-18-17(3)22(34)13-24-28(18)29(23)19-14-38-25(30(19)36-24)12-21-20(31(38)42)16-45-32(43)33(21,44)5-2/h12-13,23,39,44H,4-11,14-16H2,1-3H3,(H,35,40)/t23?,33-/m0/s1. The van der Waals surface area contributed by atoms with Crippen molar-refractivity contribution in [2.75, 3.05) is 19.7 Å². The van der Waals surface area contributed by atoms with E-state index in [1.165, 1.54) is 15.5 Å². The van der Waals surface area contributed by atoms with E-state index in [-0.39, 0.29) is 62.7 Å². The number of rotatable bonds is 9. The molecule has 0 saturated heterocycles. The summed E-state index contributed by atoms with van der Waals surface area (Å²) < 4.78 is 21.9. The number of benzene rings is 1. The topological polar surface area (TPSA) is 151 Å². The van der Waals surface area contributed by atoms with Gasteiger partial charge in [-0.05, 0) is 55.4 Å². The smallest absolute Gasteiger partial charge is 0.343 e. The quantitative estimate of drug-likeness (QED) is 0.242. The number of aliphatic hydroxyl groups is 2.